The molecule has 1 aliphatic rings. The SMILES string of the molecule is COc1ccc(/C=C/C(=O)Nc2ccc(-c3ccc(N4CCCC4)nn3)cc2)cc1. The minimum Gasteiger partial charge on any atom is -0.497 e. The summed E-state index contributed by atoms with van der Waals surface area (Å²) in [4.78, 5) is 14.4. The number of nitrogens with zero attached hydrogens (tertiary/aromatic N) is 3. The largest absolute Gasteiger partial charge is 0.497 e. The van der Waals surface area contributed by atoms with Gasteiger partial charge in [-0.3, -0.25) is 4.79 Å². The predicted molar refractivity (Wildman–Crippen MR) is 120 cm³/mol. The molecule has 1 saturated heterocycles. The molecule has 1 aromatic heterocycles. The highest BCUT2D eigenvalue weighted by atomic mass is 16.5. The number of anilines is 2. The molecule has 6 nitrogen and oxygen atoms in total. The summed E-state index contributed by atoms with van der Waals surface area (Å²) in [5.41, 5.74) is 3.43. The monoisotopic (exact) mass is 400 g/mol. The summed E-state index contributed by atoms with van der Waals surface area (Å²) in [6, 6.07) is 19.1. The first-order valence-electron chi connectivity index (χ1n) is 10.0. The number of rotatable bonds is 6. The van der Waals surface area contributed by atoms with Crippen molar-refractivity contribution in [1.82, 2.24) is 10.2 Å². The highest BCUT2D eigenvalue weighted by molar-refractivity contribution is 6.02. The number of nitrogens with one attached hydrogen (secondary N) is 1. The average Bonchev–Trinajstić information content (AvgIpc) is 3.34. The van der Waals surface area contributed by atoms with E-state index in [9.17, 15) is 4.79 Å². The van der Waals surface area contributed by atoms with Gasteiger partial charge >= 0.3 is 0 Å². The molecule has 152 valence electrons. The molecule has 1 N–H and O–H groups in total. The maximum atomic E-state index is 12.2. The Labute approximate surface area is 176 Å². The second-order valence-corrected chi connectivity index (χ2v) is 7.14. The molecule has 2 aromatic carbocycles. The fourth-order valence-corrected chi connectivity index (χ4v) is 3.39. The topological polar surface area (TPSA) is 67.3 Å². The van der Waals surface area contributed by atoms with Crippen LogP contribution in [-0.2, 0) is 4.79 Å². The summed E-state index contributed by atoms with van der Waals surface area (Å²) >= 11 is 0. The van der Waals surface area contributed by atoms with Crippen molar-refractivity contribution in [2.45, 2.75) is 12.8 Å². The van der Waals surface area contributed by atoms with E-state index >= 15 is 0 Å². The molecular formula is C24H24N4O2. The number of benzene rings is 2. The lowest BCUT2D eigenvalue weighted by atomic mass is 10.1. The van der Waals surface area contributed by atoms with Gasteiger partial charge in [-0.1, -0.05) is 24.3 Å². The Morgan fingerprint density at radius 2 is 1.70 bits per heavy atom. The van der Waals surface area contributed by atoms with Gasteiger partial charge in [0.15, 0.2) is 5.82 Å². The van der Waals surface area contributed by atoms with Crippen molar-refractivity contribution >= 4 is 23.5 Å². The van der Waals surface area contributed by atoms with Crippen molar-refractivity contribution in [2.24, 2.45) is 0 Å². The van der Waals surface area contributed by atoms with E-state index in [1.54, 1.807) is 13.2 Å². The number of methoxy groups -OCH3 is 1. The fraction of sp³-hybridized carbons (Fsp3) is 0.208. The van der Waals surface area contributed by atoms with E-state index in [0.717, 1.165) is 47.2 Å². The molecule has 6 heteroatoms. The van der Waals surface area contributed by atoms with Gasteiger partial charge in [-0.2, -0.15) is 0 Å². The van der Waals surface area contributed by atoms with Crippen LogP contribution in [0, 0.1) is 0 Å². The standard InChI is InChI=1S/C24H24N4O2/c1-30-21-11-4-18(5-12-21)6-15-24(29)25-20-9-7-19(8-10-20)22-13-14-23(27-26-22)28-16-2-3-17-28/h4-15H,2-3,16-17H2,1H3,(H,25,29)/b15-6+. The summed E-state index contributed by atoms with van der Waals surface area (Å²) in [6.45, 7) is 2.10. The molecule has 0 radical (unpaired) electrons. The van der Waals surface area contributed by atoms with Gasteiger partial charge in [0, 0.05) is 30.4 Å². The molecule has 1 amide bonds. The zero-order chi connectivity index (χ0) is 20.8. The second-order valence-electron chi connectivity index (χ2n) is 7.14. The van der Waals surface area contributed by atoms with Crippen LogP contribution in [0.3, 0.4) is 0 Å². The summed E-state index contributed by atoms with van der Waals surface area (Å²) in [5, 5.41) is 11.6. The molecule has 1 fully saturated rings. The Balaban J connectivity index is 1.35. The van der Waals surface area contributed by atoms with Gasteiger partial charge in [-0.25, -0.2) is 0 Å². The van der Waals surface area contributed by atoms with E-state index in [-0.39, 0.29) is 5.91 Å². The Kier molecular flexibility index (Phi) is 6.03. The number of hydrogen-bond donors (Lipinski definition) is 1. The lowest BCUT2D eigenvalue weighted by Crippen LogP contribution is -2.19. The van der Waals surface area contributed by atoms with Gasteiger partial charge in [-0.05, 0) is 60.9 Å². The van der Waals surface area contributed by atoms with Crippen molar-refractivity contribution in [3.8, 4) is 17.0 Å². The second kappa shape index (κ2) is 9.22. The quantitative estimate of drug-likeness (QED) is 0.621. The van der Waals surface area contributed by atoms with Crippen molar-refractivity contribution in [1.29, 1.82) is 0 Å². The third-order valence-electron chi connectivity index (χ3n) is 5.07. The lowest BCUT2D eigenvalue weighted by Gasteiger charge is -2.15. The van der Waals surface area contributed by atoms with Gasteiger partial charge < -0.3 is 15.0 Å². The van der Waals surface area contributed by atoms with Crippen LogP contribution in [-0.4, -0.2) is 36.3 Å². The molecule has 0 spiro atoms. The van der Waals surface area contributed by atoms with E-state index in [4.69, 9.17) is 4.74 Å². The molecule has 0 atom stereocenters. The number of aromatic nitrogens is 2. The van der Waals surface area contributed by atoms with Crippen LogP contribution < -0.4 is 15.0 Å². The lowest BCUT2D eigenvalue weighted by molar-refractivity contribution is -0.111. The summed E-state index contributed by atoms with van der Waals surface area (Å²) in [6.07, 6.45) is 5.71. The maximum absolute atomic E-state index is 12.2. The van der Waals surface area contributed by atoms with Gasteiger partial charge in [0.25, 0.3) is 0 Å². The molecule has 0 bridgehead atoms. The highest BCUT2D eigenvalue weighted by Gasteiger charge is 2.14. The van der Waals surface area contributed by atoms with Gasteiger partial charge in [0.2, 0.25) is 5.91 Å². The van der Waals surface area contributed by atoms with Crippen molar-refractivity contribution in [3.05, 3.63) is 72.3 Å². The number of carbonyl (C=O) groups is 1. The van der Waals surface area contributed by atoms with Crippen molar-refractivity contribution in [3.63, 3.8) is 0 Å². The third-order valence-corrected chi connectivity index (χ3v) is 5.07. The summed E-state index contributed by atoms with van der Waals surface area (Å²) in [5.74, 6) is 1.53. The van der Waals surface area contributed by atoms with Crippen LogP contribution in [0.25, 0.3) is 17.3 Å². The molecule has 4 rings (SSSR count). The molecule has 3 aromatic rings. The highest BCUT2D eigenvalue weighted by Crippen LogP contribution is 2.22. The van der Waals surface area contributed by atoms with E-state index in [2.05, 4.69) is 20.4 Å². The first-order valence-corrected chi connectivity index (χ1v) is 10.0. The number of carbonyl (C=O) groups excluding carboxylic acids is 1. The maximum Gasteiger partial charge on any atom is 0.248 e. The molecular weight excluding hydrogens is 376 g/mol. The van der Waals surface area contributed by atoms with Crippen molar-refractivity contribution < 1.29 is 9.53 Å². The molecule has 0 unspecified atom stereocenters. The minimum absolute atomic E-state index is 0.187. The molecule has 0 saturated carbocycles. The average molecular weight is 400 g/mol. The Morgan fingerprint density at radius 3 is 2.33 bits per heavy atom. The number of amides is 1. The van der Waals surface area contributed by atoms with Gasteiger partial charge in [0.05, 0.1) is 12.8 Å². The van der Waals surface area contributed by atoms with Gasteiger partial charge in [-0.15, -0.1) is 10.2 Å². The zero-order valence-corrected chi connectivity index (χ0v) is 16.9. The van der Waals surface area contributed by atoms with E-state index in [1.807, 2.05) is 60.7 Å². The smallest absolute Gasteiger partial charge is 0.248 e. The minimum atomic E-state index is -0.187. The summed E-state index contributed by atoms with van der Waals surface area (Å²) < 4.78 is 5.13. The first-order chi connectivity index (χ1) is 14.7. The van der Waals surface area contributed by atoms with E-state index in [1.165, 1.54) is 18.9 Å². The van der Waals surface area contributed by atoms with Crippen LogP contribution in [0.1, 0.15) is 18.4 Å². The molecule has 2 heterocycles. The van der Waals surface area contributed by atoms with Gasteiger partial charge in [0.1, 0.15) is 5.75 Å². The number of hydrogen-bond acceptors (Lipinski definition) is 5. The third kappa shape index (κ3) is 4.84. The van der Waals surface area contributed by atoms with Crippen LogP contribution in [0.15, 0.2) is 66.7 Å². The predicted octanol–water partition coefficient (Wildman–Crippen LogP) is 4.40. The van der Waals surface area contributed by atoms with E-state index < -0.39 is 0 Å². The molecule has 30 heavy (non-hydrogen) atoms. The normalized spacial score (nSPS) is 13.6. The molecule has 1 aliphatic heterocycles. The van der Waals surface area contributed by atoms with Crippen LogP contribution in [0.5, 0.6) is 5.75 Å². The van der Waals surface area contributed by atoms with Crippen molar-refractivity contribution in [2.75, 3.05) is 30.4 Å². The summed E-state index contributed by atoms with van der Waals surface area (Å²) in [7, 11) is 1.62. The molecule has 0 aliphatic carbocycles. The fourth-order valence-electron chi connectivity index (χ4n) is 3.39. The first kappa shape index (κ1) is 19.6. The number of ether oxygens (including phenoxy) is 1. The Hall–Kier alpha value is -3.67. The van der Waals surface area contributed by atoms with Crippen LogP contribution in [0.2, 0.25) is 0 Å². The van der Waals surface area contributed by atoms with Crippen LogP contribution >= 0.6 is 0 Å². The van der Waals surface area contributed by atoms with E-state index in [0.29, 0.717) is 0 Å². The van der Waals surface area contributed by atoms with Crippen LogP contribution in [0.4, 0.5) is 11.5 Å². The Morgan fingerprint density at radius 1 is 0.967 bits per heavy atom. The zero-order valence-electron chi connectivity index (χ0n) is 16.9. The Bertz CT molecular complexity index is 1010.